The monoisotopic (exact) mass is 234 g/mol. The lowest BCUT2D eigenvalue weighted by molar-refractivity contribution is 0.501. The smallest absolute Gasteiger partial charge is 0.146 e. The molecule has 0 bridgehead atoms. The van der Waals surface area contributed by atoms with E-state index in [1.165, 1.54) is 6.20 Å². The maximum absolute atomic E-state index is 13.7. The van der Waals surface area contributed by atoms with E-state index in [0.29, 0.717) is 5.56 Å². The lowest BCUT2D eigenvalue weighted by Gasteiger charge is -2.16. The lowest BCUT2D eigenvalue weighted by Crippen LogP contribution is -2.19. The summed E-state index contributed by atoms with van der Waals surface area (Å²) in [6, 6.07) is 3.36. The van der Waals surface area contributed by atoms with Gasteiger partial charge in [0, 0.05) is 23.7 Å². The van der Waals surface area contributed by atoms with E-state index in [4.69, 9.17) is 4.42 Å². The van der Waals surface area contributed by atoms with Crippen molar-refractivity contribution in [3.63, 3.8) is 0 Å². The topological polar surface area (TPSA) is 38.1 Å². The van der Waals surface area contributed by atoms with Crippen molar-refractivity contribution in [3.8, 4) is 0 Å². The van der Waals surface area contributed by atoms with Crippen LogP contribution < -0.4 is 5.32 Å². The van der Waals surface area contributed by atoms with Gasteiger partial charge in [0.2, 0.25) is 0 Å². The van der Waals surface area contributed by atoms with Crippen molar-refractivity contribution >= 4 is 0 Å². The van der Waals surface area contributed by atoms with Crippen LogP contribution in [0, 0.1) is 5.82 Å². The minimum absolute atomic E-state index is 0.202. The molecule has 0 fully saturated rings. The number of aromatic nitrogens is 1. The minimum Gasteiger partial charge on any atom is -0.469 e. The summed E-state index contributed by atoms with van der Waals surface area (Å²) in [7, 11) is 1.80. The Morgan fingerprint density at radius 2 is 2.24 bits per heavy atom. The van der Waals surface area contributed by atoms with Gasteiger partial charge in [-0.2, -0.15) is 0 Å². The first kappa shape index (κ1) is 11.8. The maximum Gasteiger partial charge on any atom is 0.146 e. The summed E-state index contributed by atoms with van der Waals surface area (Å²) in [5, 5.41) is 3.11. The van der Waals surface area contributed by atoms with Crippen molar-refractivity contribution in [1.82, 2.24) is 10.3 Å². The van der Waals surface area contributed by atoms with Gasteiger partial charge in [-0.3, -0.25) is 4.98 Å². The molecular formula is C13H15FN2O. The highest BCUT2D eigenvalue weighted by Crippen LogP contribution is 2.27. The van der Waals surface area contributed by atoms with Gasteiger partial charge in [-0.1, -0.05) is 6.92 Å². The Morgan fingerprint density at radius 3 is 2.88 bits per heavy atom. The Balaban J connectivity index is 2.44. The normalized spacial score (nSPS) is 12.6. The molecule has 1 unspecified atom stereocenters. The number of hydrogen-bond donors (Lipinski definition) is 1. The van der Waals surface area contributed by atoms with Crippen molar-refractivity contribution in [2.45, 2.75) is 19.4 Å². The second-order valence-corrected chi connectivity index (χ2v) is 3.77. The highest BCUT2D eigenvalue weighted by Gasteiger charge is 2.20. The molecule has 0 aliphatic heterocycles. The third kappa shape index (κ3) is 2.22. The van der Waals surface area contributed by atoms with Crippen molar-refractivity contribution < 1.29 is 8.81 Å². The van der Waals surface area contributed by atoms with Crippen LogP contribution in [0.15, 0.2) is 35.2 Å². The zero-order chi connectivity index (χ0) is 12.3. The number of halogens is 1. The molecule has 0 aliphatic carbocycles. The maximum atomic E-state index is 13.7. The number of aryl methyl sites for hydroxylation is 1. The Hall–Kier alpha value is -1.68. The van der Waals surface area contributed by atoms with Crippen LogP contribution in [0.5, 0.6) is 0 Å². The molecule has 0 aromatic carbocycles. The second-order valence-electron chi connectivity index (χ2n) is 3.77. The molecule has 0 aliphatic rings. The average molecular weight is 234 g/mol. The summed E-state index contributed by atoms with van der Waals surface area (Å²) in [5.74, 6) is 0.565. The first-order valence-corrected chi connectivity index (χ1v) is 5.60. The van der Waals surface area contributed by atoms with Crippen LogP contribution in [-0.2, 0) is 6.42 Å². The molecule has 2 rings (SSSR count). The van der Waals surface area contributed by atoms with E-state index in [2.05, 4.69) is 10.3 Å². The van der Waals surface area contributed by atoms with Crippen LogP contribution in [0.3, 0.4) is 0 Å². The molecule has 4 heteroatoms. The molecule has 90 valence electrons. The zero-order valence-electron chi connectivity index (χ0n) is 9.90. The van der Waals surface area contributed by atoms with Crippen LogP contribution in [-0.4, -0.2) is 12.0 Å². The van der Waals surface area contributed by atoms with E-state index in [9.17, 15) is 4.39 Å². The van der Waals surface area contributed by atoms with E-state index in [1.807, 2.05) is 13.0 Å². The van der Waals surface area contributed by atoms with E-state index in [-0.39, 0.29) is 11.9 Å². The van der Waals surface area contributed by atoms with Gasteiger partial charge in [-0.15, -0.1) is 0 Å². The second kappa shape index (κ2) is 5.10. The van der Waals surface area contributed by atoms with Gasteiger partial charge >= 0.3 is 0 Å². The van der Waals surface area contributed by atoms with Gasteiger partial charge in [-0.05, 0) is 19.2 Å². The third-order valence-electron chi connectivity index (χ3n) is 2.82. The van der Waals surface area contributed by atoms with Gasteiger partial charge in [0.1, 0.15) is 11.6 Å². The number of rotatable bonds is 4. The molecule has 2 heterocycles. The predicted octanol–water partition coefficient (Wildman–Crippen LogP) is 2.68. The van der Waals surface area contributed by atoms with E-state index in [1.54, 1.807) is 25.6 Å². The van der Waals surface area contributed by atoms with E-state index in [0.717, 1.165) is 17.7 Å². The first-order chi connectivity index (χ1) is 8.27. The molecule has 2 aromatic heterocycles. The van der Waals surface area contributed by atoms with Crippen molar-refractivity contribution in [2.24, 2.45) is 0 Å². The fourth-order valence-corrected chi connectivity index (χ4v) is 1.99. The number of pyridine rings is 1. The van der Waals surface area contributed by atoms with Gasteiger partial charge in [0.15, 0.2) is 0 Å². The van der Waals surface area contributed by atoms with Gasteiger partial charge in [0.25, 0.3) is 0 Å². The molecule has 17 heavy (non-hydrogen) atoms. The number of nitrogens with one attached hydrogen (secondary N) is 1. The Bertz CT molecular complexity index is 496. The molecule has 3 nitrogen and oxygen atoms in total. The molecule has 1 atom stereocenters. The average Bonchev–Trinajstić information content (AvgIpc) is 2.81. The Kier molecular flexibility index (Phi) is 3.54. The molecule has 0 saturated carbocycles. The summed E-state index contributed by atoms with van der Waals surface area (Å²) in [4.78, 5) is 3.76. The number of nitrogens with zero attached hydrogens (tertiary/aromatic N) is 1. The van der Waals surface area contributed by atoms with Crippen LogP contribution >= 0.6 is 0 Å². The third-order valence-corrected chi connectivity index (χ3v) is 2.82. The Labute approximate surface area is 99.7 Å². The first-order valence-electron chi connectivity index (χ1n) is 5.60. The SMILES string of the molecule is CCc1occc1C(NC)c1ccncc1F. The van der Waals surface area contributed by atoms with Gasteiger partial charge in [-0.25, -0.2) is 4.39 Å². The summed E-state index contributed by atoms with van der Waals surface area (Å²) in [6.45, 7) is 2.01. The van der Waals surface area contributed by atoms with Gasteiger partial charge < -0.3 is 9.73 Å². The highest BCUT2D eigenvalue weighted by molar-refractivity contribution is 5.33. The predicted molar refractivity (Wildman–Crippen MR) is 63.2 cm³/mol. The van der Waals surface area contributed by atoms with Crippen LogP contribution in [0.1, 0.15) is 29.9 Å². The molecule has 0 amide bonds. The zero-order valence-corrected chi connectivity index (χ0v) is 9.90. The largest absolute Gasteiger partial charge is 0.469 e. The van der Waals surface area contributed by atoms with E-state index >= 15 is 0 Å². The Morgan fingerprint density at radius 1 is 1.41 bits per heavy atom. The van der Waals surface area contributed by atoms with Crippen LogP contribution in [0.4, 0.5) is 4.39 Å². The molecule has 2 aromatic rings. The molecule has 0 radical (unpaired) electrons. The molecule has 1 N–H and O–H groups in total. The highest BCUT2D eigenvalue weighted by atomic mass is 19.1. The summed E-state index contributed by atoms with van der Waals surface area (Å²) in [5.41, 5.74) is 1.55. The summed E-state index contributed by atoms with van der Waals surface area (Å²) < 4.78 is 19.1. The van der Waals surface area contributed by atoms with Crippen LogP contribution in [0.2, 0.25) is 0 Å². The standard InChI is InChI=1S/C13H15FN2O/c1-3-12-10(5-7-17-12)13(15-2)9-4-6-16-8-11(9)14/h4-8,13,15H,3H2,1-2H3. The lowest BCUT2D eigenvalue weighted by atomic mass is 9.99. The minimum atomic E-state index is -0.310. The fourth-order valence-electron chi connectivity index (χ4n) is 1.99. The number of furan rings is 1. The quantitative estimate of drug-likeness (QED) is 0.883. The number of hydrogen-bond acceptors (Lipinski definition) is 3. The summed E-state index contributed by atoms with van der Waals surface area (Å²) >= 11 is 0. The van der Waals surface area contributed by atoms with Crippen molar-refractivity contribution in [3.05, 3.63) is 53.5 Å². The van der Waals surface area contributed by atoms with Crippen molar-refractivity contribution in [1.29, 1.82) is 0 Å². The van der Waals surface area contributed by atoms with Gasteiger partial charge in [0.05, 0.1) is 18.5 Å². The van der Waals surface area contributed by atoms with Crippen molar-refractivity contribution in [2.75, 3.05) is 7.05 Å². The molecule has 0 saturated heterocycles. The molecule has 0 spiro atoms. The van der Waals surface area contributed by atoms with E-state index < -0.39 is 0 Å². The summed E-state index contributed by atoms with van der Waals surface area (Å²) in [6.07, 6.45) is 5.24. The molecular weight excluding hydrogens is 219 g/mol. The fraction of sp³-hybridized carbons (Fsp3) is 0.308. The van der Waals surface area contributed by atoms with Crippen LogP contribution in [0.25, 0.3) is 0 Å².